The van der Waals surface area contributed by atoms with Crippen molar-refractivity contribution in [1.82, 2.24) is 10.6 Å². The van der Waals surface area contributed by atoms with E-state index in [0.29, 0.717) is 0 Å². The first-order valence-electron chi connectivity index (χ1n) is 4.17. The van der Waals surface area contributed by atoms with E-state index < -0.39 is 0 Å². The zero-order valence-electron chi connectivity index (χ0n) is 7.82. The lowest BCUT2D eigenvalue weighted by Crippen LogP contribution is -2.28. The van der Waals surface area contributed by atoms with Crippen LogP contribution in [0.2, 0.25) is 0 Å². The summed E-state index contributed by atoms with van der Waals surface area (Å²) in [6.07, 6.45) is 2.83. The Morgan fingerprint density at radius 3 is 2.58 bits per heavy atom. The summed E-state index contributed by atoms with van der Waals surface area (Å²) in [6.45, 7) is 15.1. The molecule has 0 atom stereocenters. The molecule has 0 aliphatic rings. The molecule has 0 aromatic heterocycles. The number of hydrogen-bond acceptors (Lipinski definition) is 2. The Hall–Kier alpha value is -1.02. The molecule has 0 rings (SSSR count). The van der Waals surface area contributed by atoms with E-state index in [9.17, 15) is 0 Å². The molecule has 68 valence electrons. The first-order valence-corrected chi connectivity index (χ1v) is 4.17. The Bertz CT molecular complexity index is 171. The fourth-order valence-corrected chi connectivity index (χ4v) is 0.671. The van der Waals surface area contributed by atoms with E-state index in [1.807, 2.05) is 0 Å². The predicted molar refractivity (Wildman–Crippen MR) is 54.8 cm³/mol. The summed E-state index contributed by atoms with van der Waals surface area (Å²) in [4.78, 5) is 0. The van der Waals surface area contributed by atoms with Crippen LogP contribution in [0.15, 0.2) is 37.1 Å². The van der Waals surface area contributed by atoms with Gasteiger partial charge < -0.3 is 10.6 Å². The van der Waals surface area contributed by atoms with Crippen molar-refractivity contribution in [3.63, 3.8) is 0 Å². The number of hydrogen-bond donors (Lipinski definition) is 2. The van der Waals surface area contributed by atoms with Crippen LogP contribution in [0.3, 0.4) is 0 Å². The normalized spacial score (nSPS) is 9.08. The van der Waals surface area contributed by atoms with Gasteiger partial charge in [0.1, 0.15) is 0 Å². The Morgan fingerprint density at radius 2 is 2.08 bits per heavy atom. The highest BCUT2D eigenvalue weighted by molar-refractivity contribution is 5.32. The summed E-state index contributed by atoms with van der Waals surface area (Å²) in [5, 5.41) is 6.29. The number of nitrogens with one attached hydrogen (secondary N) is 2. The second-order valence-corrected chi connectivity index (χ2v) is 2.56. The van der Waals surface area contributed by atoms with Gasteiger partial charge in [-0.2, -0.15) is 0 Å². The molecule has 0 fully saturated rings. The molecule has 0 heterocycles. The first-order chi connectivity index (χ1) is 5.72. The highest BCUT2D eigenvalue weighted by Crippen LogP contribution is 1.99. The molecule has 0 aromatic rings. The van der Waals surface area contributed by atoms with Gasteiger partial charge in [-0.1, -0.05) is 32.7 Å². The van der Waals surface area contributed by atoms with Crippen molar-refractivity contribution >= 4 is 0 Å². The zero-order chi connectivity index (χ0) is 9.40. The van der Waals surface area contributed by atoms with Crippen molar-refractivity contribution in [3.05, 3.63) is 37.1 Å². The van der Waals surface area contributed by atoms with Crippen LogP contribution in [0.1, 0.15) is 13.3 Å². The zero-order valence-corrected chi connectivity index (χ0v) is 7.82. The first kappa shape index (κ1) is 11.0. The van der Waals surface area contributed by atoms with Crippen LogP contribution in [0.25, 0.3) is 0 Å². The summed E-state index contributed by atoms with van der Waals surface area (Å²) >= 11 is 0. The molecule has 0 amide bonds. The van der Waals surface area contributed by atoms with Crippen molar-refractivity contribution in [2.45, 2.75) is 13.3 Å². The molecular formula is C10H18N2. The molecule has 0 aliphatic heterocycles. The maximum absolute atomic E-state index is 3.80. The van der Waals surface area contributed by atoms with E-state index in [4.69, 9.17) is 0 Å². The molecule has 12 heavy (non-hydrogen) atoms. The van der Waals surface area contributed by atoms with Gasteiger partial charge in [-0.25, -0.2) is 0 Å². The van der Waals surface area contributed by atoms with E-state index >= 15 is 0 Å². The average molecular weight is 166 g/mol. The van der Waals surface area contributed by atoms with E-state index in [-0.39, 0.29) is 0 Å². The summed E-state index contributed by atoms with van der Waals surface area (Å²) in [6, 6.07) is 0. The fraction of sp³-hybridized carbons (Fsp3) is 0.400. The van der Waals surface area contributed by atoms with Crippen LogP contribution in [0.4, 0.5) is 0 Å². The van der Waals surface area contributed by atoms with Crippen molar-refractivity contribution in [2.24, 2.45) is 0 Å². The molecule has 2 nitrogen and oxygen atoms in total. The highest BCUT2D eigenvalue weighted by atomic mass is 15.1. The average Bonchev–Trinajstić information content (AvgIpc) is 2.10. The van der Waals surface area contributed by atoms with Gasteiger partial charge in [-0.15, -0.1) is 0 Å². The second-order valence-electron chi connectivity index (χ2n) is 2.56. The van der Waals surface area contributed by atoms with Crippen molar-refractivity contribution < 1.29 is 0 Å². The summed E-state index contributed by atoms with van der Waals surface area (Å²) < 4.78 is 0. The van der Waals surface area contributed by atoms with E-state index in [1.165, 1.54) is 0 Å². The Balaban J connectivity index is 3.44. The van der Waals surface area contributed by atoms with Crippen LogP contribution in [0.5, 0.6) is 0 Å². The van der Waals surface area contributed by atoms with Gasteiger partial charge in [0.05, 0.1) is 6.67 Å². The minimum absolute atomic E-state index is 0.736. The van der Waals surface area contributed by atoms with E-state index in [1.54, 1.807) is 6.08 Å². The lowest BCUT2D eigenvalue weighted by Gasteiger charge is -2.09. The van der Waals surface area contributed by atoms with Crippen LogP contribution in [0, 0.1) is 0 Å². The second kappa shape index (κ2) is 6.68. The SMILES string of the molecule is C=CC(=C)C(=C)NCNCCC. The molecular weight excluding hydrogens is 148 g/mol. The Kier molecular flexibility index (Phi) is 6.11. The van der Waals surface area contributed by atoms with Gasteiger partial charge in [-0.05, 0) is 18.5 Å². The molecule has 0 saturated heterocycles. The van der Waals surface area contributed by atoms with Crippen molar-refractivity contribution in [1.29, 1.82) is 0 Å². The van der Waals surface area contributed by atoms with E-state index in [0.717, 1.165) is 30.9 Å². The Morgan fingerprint density at radius 1 is 1.42 bits per heavy atom. The van der Waals surface area contributed by atoms with Gasteiger partial charge >= 0.3 is 0 Å². The fourth-order valence-electron chi connectivity index (χ4n) is 0.671. The van der Waals surface area contributed by atoms with Crippen LogP contribution >= 0.6 is 0 Å². The smallest absolute Gasteiger partial charge is 0.0653 e. The third kappa shape index (κ3) is 4.74. The van der Waals surface area contributed by atoms with Crippen LogP contribution < -0.4 is 10.6 Å². The molecule has 0 saturated carbocycles. The minimum Gasteiger partial charge on any atom is -0.372 e. The molecule has 2 N–H and O–H groups in total. The van der Waals surface area contributed by atoms with Gasteiger partial charge in [-0.3, -0.25) is 0 Å². The summed E-state index contributed by atoms with van der Waals surface area (Å²) in [5.74, 6) is 0. The number of rotatable bonds is 7. The lowest BCUT2D eigenvalue weighted by molar-refractivity contribution is 0.629. The van der Waals surface area contributed by atoms with Crippen LogP contribution in [-0.2, 0) is 0 Å². The van der Waals surface area contributed by atoms with Gasteiger partial charge in [0.15, 0.2) is 0 Å². The van der Waals surface area contributed by atoms with Crippen LogP contribution in [-0.4, -0.2) is 13.2 Å². The maximum Gasteiger partial charge on any atom is 0.0653 e. The molecule has 2 heteroatoms. The molecule has 0 aliphatic carbocycles. The van der Waals surface area contributed by atoms with Crippen molar-refractivity contribution in [3.8, 4) is 0 Å². The third-order valence-electron chi connectivity index (χ3n) is 1.49. The number of allylic oxidation sites excluding steroid dienone is 1. The highest BCUT2D eigenvalue weighted by Gasteiger charge is 1.92. The molecule has 0 radical (unpaired) electrons. The molecule has 0 unspecified atom stereocenters. The summed E-state index contributed by atoms with van der Waals surface area (Å²) in [5.41, 5.74) is 1.67. The monoisotopic (exact) mass is 166 g/mol. The van der Waals surface area contributed by atoms with Gasteiger partial charge in [0.2, 0.25) is 0 Å². The largest absolute Gasteiger partial charge is 0.372 e. The predicted octanol–water partition coefficient (Wildman–Crippen LogP) is 1.79. The van der Waals surface area contributed by atoms with Gasteiger partial charge in [0.25, 0.3) is 0 Å². The molecule has 0 bridgehead atoms. The lowest BCUT2D eigenvalue weighted by atomic mass is 10.2. The van der Waals surface area contributed by atoms with E-state index in [2.05, 4.69) is 37.3 Å². The van der Waals surface area contributed by atoms with Crippen molar-refractivity contribution in [2.75, 3.05) is 13.2 Å². The molecule has 0 spiro atoms. The standard InChI is InChI=1S/C10H18N2/c1-5-7-11-8-12-10(4)9(3)6-2/h6,11-12H,2-5,7-8H2,1H3. The van der Waals surface area contributed by atoms with Gasteiger partial charge in [0, 0.05) is 5.70 Å². The molecule has 0 aromatic carbocycles. The Labute approximate surface area is 75.1 Å². The quantitative estimate of drug-likeness (QED) is 0.342. The maximum atomic E-state index is 3.80. The summed E-state index contributed by atoms with van der Waals surface area (Å²) in [7, 11) is 0. The minimum atomic E-state index is 0.736. The third-order valence-corrected chi connectivity index (χ3v) is 1.49. The topological polar surface area (TPSA) is 24.1 Å².